The number of carboxylic acid groups (broad SMARTS) is 1. The van der Waals surface area contributed by atoms with E-state index in [0.717, 1.165) is 0 Å². The quantitative estimate of drug-likeness (QED) is 0.906. The Kier molecular flexibility index (Phi) is 3.61. The van der Waals surface area contributed by atoms with Crippen LogP contribution in [-0.2, 0) is 0 Å². The first-order valence-electron chi connectivity index (χ1n) is 6.86. The van der Waals surface area contributed by atoms with E-state index in [0.29, 0.717) is 25.1 Å². The lowest BCUT2D eigenvalue weighted by atomic mass is 9.94. The first kappa shape index (κ1) is 14.3. The molecule has 0 aromatic carbocycles. The summed E-state index contributed by atoms with van der Waals surface area (Å²) in [4.78, 5) is 14.3. The summed E-state index contributed by atoms with van der Waals surface area (Å²) < 4.78 is 14.7. The maximum absolute atomic E-state index is 14.7. The van der Waals surface area contributed by atoms with Crippen molar-refractivity contribution in [2.45, 2.75) is 43.6 Å². The van der Waals surface area contributed by atoms with Crippen LogP contribution in [0.4, 0.5) is 15.0 Å². The van der Waals surface area contributed by atoms with Gasteiger partial charge in [-0.1, -0.05) is 11.6 Å². The number of fused-ring (bicyclic) bond motifs is 2. The smallest absolute Gasteiger partial charge is 0.407 e. The fourth-order valence-corrected chi connectivity index (χ4v) is 3.56. The SMILES string of the molecule is CN(c1ccc(Cl)nn1)[C@H]1C[C@@H]2CC[C@H]([C@H]1F)N2C(=O)O. The van der Waals surface area contributed by atoms with E-state index < -0.39 is 24.3 Å². The van der Waals surface area contributed by atoms with Gasteiger partial charge in [0.2, 0.25) is 0 Å². The number of hydrogen-bond acceptors (Lipinski definition) is 4. The molecule has 3 heterocycles. The molecule has 2 fully saturated rings. The molecule has 0 aliphatic carbocycles. The van der Waals surface area contributed by atoms with Crippen LogP contribution in [0.15, 0.2) is 12.1 Å². The minimum absolute atomic E-state index is 0.118. The normalized spacial score (nSPS) is 31.3. The second-order valence-electron chi connectivity index (χ2n) is 5.56. The molecule has 4 atom stereocenters. The van der Waals surface area contributed by atoms with Crippen LogP contribution in [0.5, 0.6) is 0 Å². The highest BCUT2D eigenvalue weighted by Crippen LogP contribution is 2.39. The van der Waals surface area contributed by atoms with E-state index in [4.69, 9.17) is 11.6 Å². The van der Waals surface area contributed by atoms with E-state index in [-0.39, 0.29) is 11.2 Å². The third-order valence-electron chi connectivity index (χ3n) is 4.49. The van der Waals surface area contributed by atoms with Gasteiger partial charge in [-0.05, 0) is 31.4 Å². The molecule has 1 aromatic heterocycles. The van der Waals surface area contributed by atoms with Crippen molar-refractivity contribution in [3.05, 3.63) is 17.3 Å². The molecule has 6 nitrogen and oxygen atoms in total. The van der Waals surface area contributed by atoms with Gasteiger partial charge in [0.15, 0.2) is 11.0 Å². The third kappa shape index (κ3) is 2.39. The minimum atomic E-state index is -1.23. The fourth-order valence-electron chi connectivity index (χ4n) is 3.46. The number of aromatic nitrogens is 2. The molecular formula is C13H16ClFN4O2. The van der Waals surface area contributed by atoms with Crippen LogP contribution < -0.4 is 4.90 Å². The van der Waals surface area contributed by atoms with E-state index in [9.17, 15) is 14.3 Å². The number of anilines is 1. The maximum atomic E-state index is 14.7. The molecule has 1 aromatic rings. The summed E-state index contributed by atoms with van der Waals surface area (Å²) in [7, 11) is 1.75. The standard InChI is InChI=1S/C13H16ClFN4O2/c1-18(11-5-4-10(14)16-17-11)9-6-7-2-3-8(12(9)15)19(7)13(20)21/h4-5,7-9,12H,2-3,6H2,1H3,(H,20,21)/t7-,8+,9-,12+/m0/s1. The van der Waals surface area contributed by atoms with E-state index >= 15 is 0 Å². The van der Waals surface area contributed by atoms with Gasteiger partial charge < -0.3 is 10.0 Å². The van der Waals surface area contributed by atoms with Gasteiger partial charge in [0.25, 0.3) is 0 Å². The number of carbonyl (C=O) groups is 1. The highest BCUT2D eigenvalue weighted by molar-refractivity contribution is 6.29. The van der Waals surface area contributed by atoms with Crippen LogP contribution in [-0.4, -0.2) is 57.6 Å². The van der Waals surface area contributed by atoms with E-state index in [1.54, 1.807) is 24.1 Å². The average Bonchev–Trinajstić information content (AvgIpc) is 2.81. The second kappa shape index (κ2) is 5.29. The topological polar surface area (TPSA) is 69.6 Å². The average molecular weight is 315 g/mol. The van der Waals surface area contributed by atoms with Crippen molar-refractivity contribution in [1.82, 2.24) is 15.1 Å². The fraction of sp³-hybridized carbons (Fsp3) is 0.615. The summed E-state index contributed by atoms with van der Waals surface area (Å²) in [6.07, 6.45) is -0.507. The number of rotatable bonds is 2. The van der Waals surface area contributed by atoms with Gasteiger partial charge in [0, 0.05) is 13.1 Å². The predicted molar refractivity (Wildman–Crippen MR) is 75.4 cm³/mol. The molecule has 1 N–H and O–H groups in total. The van der Waals surface area contributed by atoms with E-state index in [1.165, 1.54) is 4.90 Å². The zero-order valence-electron chi connectivity index (χ0n) is 11.5. The van der Waals surface area contributed by atoms with E-state index in [1.807, 2.05) is 0 Å². The van der Waals surface area contributed by atoms with Crippen LogP contribution in [0.2, 0.25) is 5.15 Å². The minimum Gasteiger partial charge on any atom is -0.465 e. The Labute approximate surface area is 126 Å². The maximum Gasteiger partial charge on any atom is 0.407 e. The highest BCUT2D eigenvalue weighted by atomic mass is 35.5. The number of nitrogens with zero attached hydrogens (tertiary/aromatic N) is 4. The number of alkyl halides is 1. The van der Waals surface area contributed by atoms with Crippen LogP contribution in [0.25, 0.3) is 0 Å². The molecule has 1 amide bonds. The van der Waals surface area contributed by atoms with Gasteiger partial charge in [0.05, 0.1) is 12.1 Å². The van der Waals surface area contributed by atoms with Gasteiger partial charge >= 0.3 is 6.09 Å². The van der Waals surface area contributed by atoms with Crippen molar-refractivity contribution < 1.29 is 14.3 Å². The number of halogens is 2. The van der Waals surface area contributed by atoms with Crippen LogP contribution >= 0.6 is 11.6 Å². The molecule has 2 saturated heterocycles. The van der Waals surface area contributed by atoms with E-state index in [2.05, 4.69) is 10.2 Å². The molecule has 2 aliphatic heterocycles. The summed E-state index contributed by atoms with van der Waals surface area (Å²) in [6, 6.07) is 2.22. The highest BCUT2D eigenvalue weighted by Gasteiger charge is 2.51. The molecule has 0 radical (unpaired) electrons. The Hall–Kier alpha value is -1.63. The van der Waals surface area contributed by atoms with Gasteiger partial charge in [0.1, 0.15) is 6.17 Å². The summed E-state index contributed by atoms with van der Waals surface area (Å²) in [5, 5.41) is 17.2. The molecule has 0 unspecified atom stereocenters. The van der Waals surface area contributed by atoms with Crippen LogP contribution in [0.3, 0.4) is 0 Å². The molecule has 3 rings (SSSR count). The molecule has 21 heavy (non-hydrogen) atoms. The Balaban J connectivity index is 1.81. The molecular weight excluding hydrogens is 299 g/mol. The second-order valence-corrected chi connectivity index (χ2v) is 5.95. The van der Waals surface area contributed by atoms with Gasteiger partial charge in [-0.15, -0.1) is 10.2 Å². The predicted octanol–water partition coefficient (Wildman–Crippen LogP) is 2.19. The van der Waals surface area contributed by atoms with Crippen LogP contribution in [0.1, 0.15) is 19.3 Å². The Morgan fingerprint density at radius 3 is 2.86 bits per heavy atom. The largest absolute Gasteiger partial charge is 0.465 e. The molecule has 2 aliphatic rings. The molecule has 0 saturated carbocycles. The van der Waals surface area contributed by atoms with Gasteiger partial charge in [-0.25, -0.2) is 9.18 Å². The lowest BCUT2D eigenvalue weighted by Crippen LogP contribution is -2.58. The molecule has 8 heteroatoms. The first-order chi connectivity index (χ1) is 9.99. The summed E-state index contributed by atoms with van der Waals surface area (Å²) in [5.41, 5.74) is 0. The van der Waals surface area contributed by atoms with Crippen molar-refractivity contribution in [2.24, 2.45) is 0 Å². The zero-order chi connectivity index (χ0) is 15.1. The zero-order valence-corrected chi connectivity index (χ0v) is 12.2. The van der Waals surface area contributed by atoms with Crippen molar-refractivity contribution in [2.75, 3.05) is 11.9 Å². The number of hydrogen-bond donors (Lipinski definition) is 1. The number of amides is 1. The van der Waals surface area contributed by atoms with Crippen molar-refractivity contribution in [3.8, 4) is 0 Å². The van der Waals surface area contributed by atoms with Gasteiger partial charge in [-0.2, -0.15) is 0 Å². The molecule has 114 valence electrons. The molecule has 2 bridgehead atoms. The van der Waals surface area contributed by atoms with Crippen molar-refractivity contribution in [3.63, 3.8) is 0 Å². The Morgan fingerprint density at radius 1 is 1.48 bits per heavy atom. The monoisotopic (exact) mass is 314 g/mol. The summed E-state index contributed by atoms with van der Waals surface area (Å²) in [6.45, 7) is 0. The van der Waals surface area contributed by atoms with Crippen molar-refractivity contribution >= 4 is 23.5 Å². The molecule has 0 spiro atoms. The lowest BCUT2D eigenvalue weighted by molar-refractivity contribution is 0.0490. The van der Waals surface area contributed by atoms with Gasteiger partial charge in [-0.3, -0.25) is 4.90 Å². The third-order valence-corrected chi connectivity index (χ3v) is 4.69. The summed E-state index contributed by atoms with van der Waals surface area (Å²) >= 11 is 5.70. The lowest BCUT2D eigenvalue weighted by Gasteiger charge is -2.43. The van der Waals surface area contributed by atoms with Crippen LogP contribution in [0, 0.1) is 0 Å². The Morgan fingerprint density at radius 2 is 2.24 bits per heavy atom. The van der Waals surface area contributed by atoms with Crippen molar-refractivity contribution in [1.29, 1.82) is 0 Å². The first-order valence-corrected chi connectivity index (χ1v) is 7.24. The Bertz CT molecular complexity index is 543. The number of piperidine rings is 1. The summed E-state index contributed by atoms with van der Waals surface area (Å²) in [5.74, 6) is 0.537.